The maximum absolute atomic E-state index is 3.24. The van der Waals surface area contributed by atoms with Crippen molar-refractivity contribution in [2.45, 2.75) is 83.5 Å². The average Bonchev–Trinajstić information content (AvgIpc) is 3.07. The van der Waals surface area contributed by atoms with Crippen molar-refractivity contribution in [3.8, 4) is 0 Å². The van der Waals surface area contributed by atoms with Crippen LogP contribution in [0, 0.1) is 17.4 Å². The first-order valence-corrected chi connectivity index (χ1v) is 9.22. The molecule has 1 radical (unpaired) electrons. The van der Waals surface area contributed by atoms with Gasteiger partial charge in [0.1, 0.15) is 0 Å². The molecule has 0 heterocycles. The summed E-state index contributed by atoms with van der Waals surface area (Å²) in [5.74, 6) is 0.849. The van der Waals surface area contributed by atoms with Crippen molar-refractivity contribution < 1.29 is 0 Å². The molecule has 2 saturated carbocycles. The van der Waals surface area contributed by atoms with Gasteiger partial charge < -0.3 is 0 Å². The first-order valence-electron chi connectivity index (χ1n) is 9.22. The molecule has 1 unspecified atom stereocenters. The number of benzene rings is 1. The molecule has 1 aromatic carbocycles. The quantitative estimate of drug-likeness (QED) is 0.608. The Morgan fingerprint density at radius 2 is 1.52 bits per heavy atom. The predicted molar refractivity (Wildman–Crippen MR) is 90.4 cm³/mol. The molecule has 1 atom stereocenters. The average molecular weight is 283 g/mol. The molecule has 2 aliphatic carbocycles. The lowest BCUT2D eigenvalue weighted by atomic mass is 9.49. The lowest BCUT2D eigenvalue weighted by Crippen LogP contribution is -2.49. The first-order chi connectivity index (χ1) is 10.3. The van der Waals surface area contributed by atoms with E-state index in [0.717, 1.165) is 5.92 Å². The van der Waals surface area contributed by atoms with Crippen molar-refractivity contribution in [2.24, 2.45) is 11.3 Å². The summed E-state index contributed by atoms with van der Waals surface area (Å²) in [5, 5.41) is 0. The Kier molecular flexibility index (Phi) is 4.43. The Hall–Kier alpha value is -0.780. The Balaban J connectivity index is 2.09. The van der Waals surface area contributed by atoms with E-state index < -0.39 is 0 Å². The third-order valence-corrected chi connectivity index (χ3v) is 6.98. The molecule has 0 saturated heterocycles. The zero-order valence-corrected chi connectivity index (χ0v) is 14.0. The fourth-order valence-corrected chi connectivity index (χ4v) is 5.77. The summed E-state index contributed by atoms with van der Waals surface area (Å²) in [6, 6.07) is 12.3. The van der Waals surface area contributed by atoms with Crippen LogP contribution in [-0.2, 0) is 5.41 Å². The molecule has 21 heavy (non-hydrogen) atoms. The number of rotatable bonds is 4. The first kappa shape index (κ1) is 15.1. The van der Waals surface area contributed by atoms with Crippen LogP contribution in [-0.4, -0.2) is 0 Å². The van der Waals surface area contributed by atoms with Gasteiger partial charge in [-0.15, -0.1) is 0 Å². The fraction of sp³-hybridized carbons (Fsp3) is 0.714. The van der Waals surface area contributed by atoms with E-state index in [-0.39, 0.29) is 0 Å². The maximum atomic E-state index is 3.24. The molecule has 2 fully saturated rings. The number of hydrogen-bond donors (Lipinski definition) is 0. The summed E-state index contributed by atoms with van der Waals surface area (Å²) < 4.78 is 0. The van der Waals surface area contributed by atoms with Crippen molar-refractivity contribution >= 4 is 0 Å². The van der Waals surface area contributed by atoms with E-state index in [1.807, 2.05) is 0 Å². The minimum absolute atomic E-state index is 0.451. The minimum atomic E-state index is 0.451. The summed E-state index contributed by atoms with van der Waals surface area (Å²) in [7, 11) is 0. The van der Waals surface area contributed by atoms with E-state index in [0.29, 0.717) is 10.8 Å². The zero-order valence-electron chi connectivity index (χ0n) is 14.0. The number of hydrogen-bond acceptors (Lipinski definition) is 0. The Labute approximate surface area is 131 Å². The van der Waals surface area contributed by atoms with Gasteiger partial charge in [0.15, 0.2) is 0 Å². The molecule has 0 spiro atoms. The van der Waals surface area contributed by atoms with Gasteiger partial charge in [-0.1, -0.05) is 76.6 Å². The lowest BCUT2D eigenvalue weighted by Gasteiger charge is -2.55. The highest BCUT2D eigenvalue weighted by molar-refractivity contribution is 5.30. The molecule has 0 aromatic heterocycles. The highest BCUT2D eigenvalue weighted by Gasteiger charge is 2.55. The summed E-state index contributed by atoms with van der Waals surface area (Å²) in [4.78, 5) is 0. The molecule has 3 rings (SSSR count). The summed E-state index contributed by atoms with van der Waals surface area (Å²) in [6.07, 6.45) is 14.3. The summed E-state index contributed by atoms with van der Waals surface area (Å²) >= 11 is 0. The van der Waals surface area contributed by atoms with Crippen LogP contribution in [0.1, 0.15) is 83.6 Å². The highest BCUT2D eigenvalue weighted by Crippen LogP contribution is 2.62. The fourth-order valence-electron chi connectivity index (χ4n) is 5.77. The van der Waals surface area contributed by atoms with Gasteiger partial charge >= 0.3 is 0 Å². The van der Waals surface area contributed by atoms with Crippen molar-refractivity contribution in [1.82, 2.24) is 0 Å². The van der Waals surface area contributed by atoms with Crippen molar-refractivity contribution in [3.63, 3.8) is 0 Å². The molecule has 1 aromatic rings. The molecule has 0 bridgehead atoms. The normalized spacial score (nSPS) is 25.6. The van der Waals surface area contributed by atoms with Gasteiger partial charge in [0, 0.05) is 5.41 Å². The molecule has 2 aliphatic rings. The minimum Gasteiger partial charge on any atom is -0.0651 e. The van der Waals surface area contributed by atoms with Crippen LogP contribution >= 0.6 is 0 Å². The second-order valence-corrected chi connectivity index (χ2v) is 7.60. The second kappa shape index (κ2) is 6.15. The zero-order chi connectivity index (χ0) is 14.8. The van der Waals surface area contributed by atoms with Crippen LogP contribution in [0.2, 0.25) is 0 Å². The molecule has 115 valence electrons. The van der Waals surface area contributed by atoms with Crippen LogP contribution in [0.25, 0.3) is 0 Å². The monoisotopic (exact) mass is 283 g/mol. The Bertz CT molecular complexity index is 432. The van der Waals surface area contributed by atoms with Gasteiger partial charge in [-0.2, -0.15) is 0 Å². The maximum Gasteiger partial charge on any atom is 0.00119 e. The van der Waals surface area contributed by atoms with Gasteiger partial charge in [-0.05, 0) is 48.6 Å². The van der Waals surface area contributed by atoms with Crippen molar-refractivity contribution in [2.75, 3.05) is 0 Å². The summed E-state index contributed by atoms with van der Waals surface area (Å²) in [6.45, 7) is 4.94. The van der Waals surface area contributed by atoms with E-state index in [2.05, 4.69) is 44.2 Å². The second-order valence-electron chi connectivity index (χ2n) is 7.60. The molecule has 0 aliphatic heterocycles. The van der Waals surface area contributed by atoms with Gasteiger partial charge in [0.05, 0.1) is 0 Å². The standard InChI is InChI=1S/C21H31/c1-3-18(2)20(14-10-11-15-20)21(16-8-5-9-17-21)19-12-6-4-7-13-19/h6-7,12-13,18H,3,5,8-11,14-17H2,1-2H3. The van der Waals surface area contributed by atoms with E-state index in [9.17, 15) is 0 Å². The smallest absolute Gasteiger partial charge is 0.00119 e. The summed E-state index contributed by atoms with van der Waals surface area (Å²) in [5.41, 5.74) is 2.64. The molecular formula is C21H31. The van der Waals surface area contributed by atoms with Crippen LogP contribution in [0.5, 0.6) is 0 Å². The Morgan fingerprint density at radius 3 is 2.10 bits per heavy atom. The van der Waals surface area contributed by atoms with Crippen LogP contribution in [0.15, 0.2) is 24.3 Å². The molecular weight excluding hydrogens is 252 g/mol. The van der Waals surface area contributed by atoms with Crippen molar-refractivity contribution in [1.29, 1.82) is 0 Å². The molecule has 0 N–H and O–H groups in total. The van der Waals surface area contributed by atoms with E-state index >= 15 is 0 Å². The van der Waals surface area contributed by atoms with Gasteiger partial charge in [0.2, 0.25) is 0 Å². The van der Waals surface area contributed by atoms with Crippen LogP contribution in [0.4, 0.5) is 0 Å². The third-order valence-electron chi connectivity index (χ3n) is 6.98. The predicted octanol–water partition coefficient (Wildman–Crippen LogP) is 6.30. The van der Waals surface area contributed by atoms with Gasteiger partial charge in [-0.3, -0.25) is 0 Å². The highest BCUT2D eigenvalue weighted by atomic mass is 14.6. The van der Waals surface area contributed by atoms with Crippen LogP contribution < -0.4 is 0 Å². The molecule has 0 nitrogen and oxygen atoms in total. The van der Waals surface area contributed by atoms with Crippen molar-refractivity contribution in [3.05, 3.63) is 35.9 Å². The van der Waals surface area contributed by atoms with Gasteiger partial charge in [-0.25, -0.2) is 0 Å². The molecule has 0 amide bonds. The van der Waals surface area contributed by atoms with E-state index in [4.69, 9.17) is 0 Å². The third kappa shape index (κ3) is 2.35. The van der Waals surface area contributed by atoms with E-state index in [1.165, 1.54) is 64.2 Å². The van der Waals surface area contributed by atoms with E-state index in [1.54, 1.807) is 5.56 Å². The topological polar surface area (TPSA) is 0 Å². The SMILES string of the molecule is CCC(C)C1(C2(c3cc[c]cc3)CCCCC2)CCCC1. The van der Waals surface area contributed by atoms with Gasteiger partial charge in [0.25, 0.3) is 0 Å². The molecule has 0 heteroatoms. The lowest BCUT2D eigenvalue weighted by molar-refractivity contribution is 0.0195. The largest absolute Gasteiger partial charge is 0.0651 e. The Morgan fingerprint density at radius 1 is 0.952 bits per heavy atom. The van der Waals surface area contributed by atoms with Crippen LogP contribution in [0.3, 0.4) is 0 Å².